The van der Waals surface area contributed by atoms with Gasteiger partial charge in [0, 0.05) is 5.56 Å². The van der Waals surface area contributed by atoms with Crippen LogP contribution in [0.3, 0.4) is 0 Å². The molecule has 0 fully saturated rings. The molecule has 1 aromatic rings. The lowest BCUT2D eigenvalue weighted by atomic mass is 10.2. The van der Waals surface area contributed by atoms with E-state index in [2.05, 4.69) is 10.5 Å². The third kappa shape index (κ3) is 3.53. The monoisotopic (exact) mass is 240 g/mol. The zero-order valence-corrected chi connectivity index (χ0v) is 9.80. The summed E-state index contributed by atoms with van der Waals surface area (Å²) in [5.74, 6) is 0.580. The summed E-state index contributed by atoms with van der Waals surface area (Å²) in [5.41, 5.74) is 3.36. The molecule has 0 aliphatic carbocycles. The molecule has 0 aliphatic rings. The molecule has 6 nitrogen and oxygen atoms in total. The average Bonchev–Trinajstić information content (AvgIpc) is 2.36. The Morgan fingerprint density at radius 2 is 1.88 bits per heavy atom. The number of hydrazone groups is 1. The number of hydrogen-bond acceptors (Lipinski definition) is 6. The summed E-state index contributed by atoms with van der Waals surface area (Å²) in [5, 5.41) is 22.1. The zero-order chi connectivity index (χ0) is 12.7. The Hall–Kier alpha value is -1.95. The summed E-state index contributed by atoms with van der Waals surface area (Å²) in [6, 6.07) is 3.25. The highest BCUT2D eigenvalue weighted by molar-refractivity contribution is 5.82. The van der Waals surface area contributed by atoms with Gasteiger partial charge >= 0.3 is 0 Å². The van der Waals surface area contributed by atoms with Crippen LogP contribution >= 0.6 is 0 Å². The minimum atomic E-state index is -0.0459. The van der Waals surface area contributed by atoms with Crippen molar-refractivity contribution in [1.82, 2.24) is 5.43 Å². The molecule has 0 amide bonds. The molecule has 94 valence electrons. The molecule has 0 bridgehead atoms. The van der Waals surface area contributed by atoms with Gasteiger partial charge in [-0.3, -0.25) is 0 Å². The molecule has 1 aromatic carbocycles. The first-order chi connectivity index (χ1) is 8.22. The van der Waals surface area contributed by atoms with Gasteiger partial charge in [0.2, 0.25) is 5.75 Å². The minimum Gasteiger partial charge on any atom is -0.502 e. The van der Waals surface area contributed by atoms with E-state index >= 15 is 0 Å². The molecule has 0 aliphatic heterocycles. The van der Waals surface area contributed by atoms with E-state index in [1.54, 1.807) is 18.3 Å². The van der Waals surface area contributed by atoms with Crippen molar-refractivity contribution in [1.29, 1.82) is 0 Å². The summed E-state index contributed by atoms with van der Waals surface area (Å²) in [7, 11) is 2.92. The zero-order valence-electron chi connectivity index (χ0n) is 9.80. The third-order valence-corrected chi connectivity index (χ3v) is 2.03. The van der Waals surface area contributed by atoms with Crippen LogP contribution in [0.5, 0.6) is 17.2 Å². The van der Waals surface area contributed by atoms with Gasteiger partial charge in [0.25, 0.3) is 0 Å². The minimum absolute atomic E-state index is 0.0135. The molecule has 0 unspecified atom stereocenters. The fourth-order valence-corrected chi connectivity index (χ4v) is 1.22. The van der Waals surface area contributed by atoms with Crippen LogP contribution in [-0.4, -0.2) is 43.8 Å². The largest absolute Gasteiger partial charge is 0.502 e. The second-order valence-corrected chi connectivity index (χ2v) is 3.16. The van der Waals surface area contributed by atoms with E-state index in [0.29, 0.717) is 23.6 Å². The van der Waals surface area contributed by atoms with Crippen molar-refractivity contribution in [2.45, 2.75) is 0 Å². The molecule has 0 atom stereocenters. The molecule has 1 rings (SSSR count). The average molecular weight is 240 g/mol. The van der Waals surface area contributed by atoms with Gasteiger partial charge in [0.05, 0.1) is 33.6 Å². The third-order valence-electron chi connectivity index (χ3n) is 2.03. The number of benzene rings is 1. The molecule has 0 aromatic heterocycles. The number of phenolic OH excluding ortho intramolecular Hbond substituents is 1. The number of phenols is 1. The van der Waals surface area contributed by atoms with Crippen LogP contribution in [0.25, 0.3) is 0 Å². The van der Waals surface area contributed by atoms with Crippen molar-refractivity contribution in [3.05, 3.63) is 17.7 Å². The fraction of sp³-hybridized carbons (Fsp3) is 0.364. The Balaban J connectivity index is 2.89. The Kier molecular flexibility index (Phi) is 5.09. The first-order valence-electron chi connectivity index (χ1n) is 5.04. The van der Waals surface area contributed by atoms with E-state index in [9.17, 15) is 5.11 Å². The maximum Gasteiger partial charge on any atom is 0.200 e. The first kappa shape index (κ1) is 13.1. The molecular weight excluding hydrogens is 224 g/mol. The molecule has 0 radical (unpaired) electrons. The van der Waals surface area contributed by atoms with Crippen LogP contribution < -0.4 is 14.9 Å². The van der Waals surface area contributed by atoms with E-state index in [4.69, 9.17) is 14.6 Å². The van der Waals surface area contributed by atoms with Gasteiger partial charge in [-0.25, -0.2) is 0 Å². The van der Waals surface area contributed by atoms with Gasteiger partial charge in [-0.05, 0) is 12.1 Å². The highest BCUT2D eigenvalue weighted by Crippen LogP contribution is 2.36. The van der Waals surface area contributed by atoms with Crippen LogP contribution in [0.15, 0.2) is 17.2 Å². The lowest BCUT2D eigenvalue weighted by Gasteiger charge is -2.09. The number of ether oxygens (including phenoxy) is 2. The van der Waals surface area contributed by atoms with Crippen molar-refractivity contribution in [3.8, 4) is 17.2 Å². The van der Waals surface area contributed by atoms with E-state index in [1.807, 2.05) is 0 Å². The second-order valence-electron chi connectivity index (χ2n) is 3.16. The van der Waals surface area contributed by atoms with Crippen molar-refractivity contribution in [3.63, 3.8) is 0 Å². The van der Waals surface area contributed by atoms with E-state index in [0.717, 1.165) is 0 Å². The van der Waals surface area contributed by atoms with Crippen LogP contribution in [0, 0.1) is 0 Å². The molecule has 6 heteroatoms. The number of aromatic hydroxyl groups is 1. The van der Waals surface area contributed by atoms with Crippen LogP contribution in [0.4, 0.5) is 0 Å². The topological polar surface area (TPSA) is 83.3 Å². The fourth-order valence-electron chi connectivity index (χ4n) is 1.22. The maximum atomic E-state index is 9.68. The highest BCUT2D eigenvalue weighted by atomic mass is 16.5. The van der Waals surface area contributed by atoms with E-state index in [-0.39, 0.29) is 12.4 Å². The first-order valence-corrected chi connectivity index (χ1v) is 5.04. The van der Waals surface area contributed by atoms with E-state index < -0.39 is 0 Å². The molecule has 3 N–H and O–H groups in total. The van der Waals surface area contributed by atoms with Crippen LogP contribution in [0.2, 0.25) is 0 Å². The van der Waals surface area contributed by atoms with Gasteiger partial charge in [-0.2, -0.15) is 5.10 Å². The molecule has 0 spiro atoms. The van der Waals surface area contributed by atoms with Crippen LogP contribution in [-0.2, 0) is 0 Å². The Morgan fingerprint density at radius 3 is 2.35 bits per heavy atom. The van der Waals surface area contributed by atoms with Crippen molar-refractivity contribution >= 4 is 6.21 Å². The van der Waals surface area contributed by atoms with Gasteiger partial charge in [0.15, 0.2) is 11.5 Å². The molecule has 0 saturated heterocycles. The number of methoxy groups -OCH3 is 2. The predicted octanol–water partition coefficient (Wildman–Crippen LogP) is 0.325. The number of aliphatic hydroxyl groups excluding tert-OH is 1. The SMILES string of the molecule is COc1cc(/C=N/NCCO)cc(OC)c1O. The summed E-state index contributed by atoms with van der Waals surface area (Å²) in [6.45, 7) is 0.391. The second kappa shape index (κ2) is 6.59. The number of nitrogens with zero attached hydrogens (tertiary/aromatic N) is 1. The standard InChI is InChI=1S/C11H16N2O4/c1-16-9-5-8(7-13-12-3-4-14)6-10(17-2)11(9)15/h5-7,12,14-15H,3-4H2,1-2H3/b13-7+. The molecule has 17 heavy (non-hydrogen) atoms. The molecule has 0 heterocycles. The number of nitrogens with one attached hydrogen (secondary N) is 1. The predicted molar refractivity (Wildman–Crippen MR) is 63.9 cm³/mol. The van der Waals surface area contributed by atoms with Crippen molar-refractivity contribution < 1.29 is 19.7 Å². The number of hydrogen-bond donors (Lipinski definition) is 3. The number of rotatable bonds is 6. The summed E-state index contributed by atoms with van der Waals surface area (Å²) in [6.07, 6.45) is 1.54. The van der Waals surface area contributed by atoms with Crippen LogP contribution in [0.1, 0.15) is 5.56 Å². The van der Waals surface area contributed by atoms with Crippen molar-refractivity contribution in [2.24, 2.45) is 5.10 Å². The molecular formula is C11H16N2O4. The lowest BCUT2D eigenvalue weighted by Crippen LogP contribution is -2.11. The van der Waals surface area contributed by atoms with E-state index in [1.165, 1.54) is 14.2 Å². The smallest absolute Gasteiger partial charge is 0.200 e. The summed E-state index contributed by atoms with van der Waals surface area (Å²) >= 11 is 0. The summed E-state index contributed by atoms with van der Waals surface area (Å²) in [4.78, 5) is 0. The van der Waals surface area contributed by atoms with Gasteiger partial charge in [-0.1, -0.05) is 0 Å². The van der Waals surface area contributed by atoms with Gasteiger partial charge in [-0.15, -0.1) is 0 Å². The van der Waals surface area contributed by atoms with Gasteiger partial charge < -0.3 is 25.1 Å². The lowest BCUT2D eigenvalue weighted by molar-refractivity contribution is 0.294. The maximum absolute atomic E-state index is 9.68. The Labute approximate surface area is 99.5 Å². The number of aliphatic hydroxyl groups is 1. The quantitative estimate of drug-likeness (QED) is 0.379. The Bertz CT molecular complexity index is 368. The summed E-state index contributed by atoms with van der Waals surface area (Å²) < 4.78 is 10.0. The highest BCUT2D eigenvalue weighted by Gasteiger charge is 2.09. The Morgan fingerprint density at radius 1 is 1.29 bits per heavy atom. The molecule has 0 saturated carbocycles. The normalized spacial score (nSPS) is 10.5. The van der Waals surface area contributed by atoms with Crippen molar-refractivity contribution in [2.75, 3.05) is 27.4 Å². The van der Waals surface area contributed by atoms with Gasteiger partial charge in [0.1, 0.15) is 0 Å².